The summed E-state index contributed by atoms with van der Waals surface area (Å²) in [4.78, 5) is 14.9. The van der Waals surface area contributed by atoms with E-state index in [1.54, 1.807) is 0 Å². The van der Waals surface area contributed by atoms with Crippen LogP contribution in [-0.4, -0.2) is 36.5 Å². The third-order valence-corrected chi connectivity index (χ3v) is 5.11. The number of piperidine rings is 1. The summed E-state index contributed by atoms with van der Waals surface area (Å²) >= 11 is 0. The Morgan fingerprint density at radius 2 is 2.05 bits per heavy atom. The number of hydrogen-bond acceptors (Lipinski definition) is 2. The molecule has 3 atom stereocenters. The fourth-order valence-corrected chi connectivity index (χ4v) is 3.81. The van der Waals surface area contributed by atoms with Gasteiger partial charge in [0.25, 0.3) is 0 Å². The second kappa shape index (κ2) is 6.61. The molecular weight excluding hydrogens is 260 g/mol. The Morgan fingerprint density at radius 1 is 1.24 bits per heavy atom. The van der Waals surface area contributed by atoms with E-state index < -0.39 is 0 Å². The monoisotopic (exact) mass is 286 g/mol. The molecule has 21 heavy (non-hydrogen) atoms. The van der Waals surface area contributed by atoms with Crippen LogP contribution in [0.1, 0.15) is 44.1 Å². The van der Waals surface area contributed by atoms with Crippen LogP contribution in [0.5, 0.6) is 0 Å². The molecule has 0 aromatic heterocycles. The second-order valence-corrected chi connectivity index (χ2v) is 6.52. The predicted molar refractivity (Wildman–Crippen MR) is 85.2 cm³/mol. The highest BCUT2D eigenvalue weighted by Crippen LogP contribution is 2.27. The van der Waals surface area contributed by atoms with Gasteiger partial charge in [-0.2, -0.15) is 0 Å². The van der Waals surface area contributed by atoms with Gasteiger partial charge in [-0.25, -0.2) is 0 Å². The van der Waals surface area contributed by atoms with Crippen LogP contribution in [0.2, 0.25) is 0 Å². The number of nitrogens with zero attached hydrogens (tertiary/aromatic N) is 1. The van der Waals surface area contributed by atoms with Crippen molar-refractivity contribution >= 4 is 5.91 Å². The number of amides is 1. The number of likely N-dealkylation sites (tertiary alicyclic amines) is 1. The Morgan fingerprint density at radius 3 is 2.76 bits per heavy atom. The molecule has 0 aliphatic carbocycles. The van der Waals surface area contributed by atoms with E-state index in [9.17, 15) is 4.79 Å². The van der Waals surface area contributed by atoms with Crippen molar-refractivity contribution in [3.05, 3.63) is 35.9 Å². The number of benzene rings is 1. The highest BCUT2D eigenvalue weighted by Gasteiger charge is 2.32. The van der Waals surface area contributed by atoms with Crippen molar-refractivity contribution in [1.29, 1.82) is 0 Å². The fraction of sp³-hybridized carbons (Fsp3) is 0.611. The molecule has 2 aliphatic heterocycles. The number of hydrogen-bond donors (Lipinski definition) is 1. The molecule has 2 aliphatic rings. The minimum atomic E-state index is -0.0264. The summed E-state index contributed by atoms with van der Waals surface area (Å²) in [5.74, 6) is 0.915. The molecule has 3 unspecified atom stereocenters. The third kappa shape index (κ3) is 3.29. The third-order valence-electron chi connectivity index (χ3n) is 5.11. The average molecular weight is 286 g/mol. The van der Waals surface area contributed by atoms with Gasteiger partial charge in [0, 0.05) is 19.1 Å². The van der Waals surface area contributed by atoms with E-state index >= 15 is 0 Å². The average Bonchev–Trinajstić information content (AvgIpc) is 3.09. The first-order valence-corrected chi connectivity index (χ1v) is 8.33. The molecular formula is C18H26N2O. The van der Waals surface area contributed by atoms with E-state index in [1.807, 2.05) is 25.1 Å². The second-order valence-electron chi connectivity index (χ2n) is 6.52. The summed E-state index contributed by atoms with van der Waals surface area (Å²) in [5.41, 5.74) is 1.13. The molecule has 0 bridgehead atoms. The normalized spacial score (nSPS) is 27.6. The van der Waals surface area contributed by atoms with Gasteiger partial charge in [-0.3, -0.25) is 4.79 Å². The zero-order valence-corrected chi connectivity index (χ0v) is 12.9. The van der Waals surface area contributed by atoms with Crippen LogP contribution < -0.4 is 5.32 Å². The maximum absolute atomic E-state index is 12.8. The van der Waals surface area contributed by atoms with Crippen molar-refractivity contribution in [3.63, 3.8) is 0 Å². The van der Waals surface area contributed by atoms with E-state index in [0.29, 0.717) is 17.9 Å². The topological polar surface area (TPSA) is 32.3 Å². The van der Waals surface area contributed by atoms with Gasteiger partial charge in [0.1, 0.15) is 0 Å². The highest BCUT2D eigenvalue weighted by molar-refractivity contribution is 5.83. The standard InChI is InChI=1S/C18H26N2O/c1-14(15-7-3-2-4-8-15)18(21)20-12-6-9-16(13-20)17-10-5-11-19-17/h2-4,7-8,14,16-17,19H,5-6,9-13H2,1H3. The van der Waals surface area contributed by atoms with Crippen LogP contribution in [-0.2, 0) is 4.79 Å². The van der Waals surface area contributed by atoms with Crippen LogP contribution >= 0.6 is 0 Å². The number of carbonyl (C=O) groups is 1. The molecule has 2 saturated heterocycles. The predicted octanol–water partition coefficient (Wildman–Crippen LogP) is 2.78. The molecule has 0 saturated carbocycles. The lowest BCUT2D eigenvalue weighted by molar-refractivity contribution is -0.134. The van der Waals surface area contributed by atoms with Gasteiger partial charge in [-0.1, -0.05) is 30.3 Å². The SMILES string of the molecule is CC(C(=O)N1CCCC(C2CCCN2)C1)c1ccccc1. The van der Waals surface area contributed by atoms with Crippen LogP contribution in [0.25, 0.3) is 0 Å². The maximum Gasteiger partial charge on any atom is 0.229 e. The highest BCUT2D eigenvalue weighted by atomic mass is 16.2. The van der Waals surface area contributed by atoms with E-state index in [-0.39, 0.29) is 5.92 Å². The fourth-order valence-electron chi connectivity index (χ4n) is 3.81. The molecule has 114 valence electrons. The molecule has 1 aromatic carbocycles. The Labute approximate surface area is 127 Å². The number of carbonyl (C=O) groups excluding carboxylic acids is 1. The van der Waals surface area contributed by atoms with Gasteiger partial charge < -0.3 is 10.2 Å². The number of nitrogens with one attached hydrogen (secondary N) is 1. The van der Waals surface area contributed by atoms with Gasteiger partial charge >= 0.3 is 0 Å². The minimum absolute atomic E-state index is 0.0264. The van der Waals surface area contributed by atoms with Gasteiger partial charge in [-0.15, -0.1) is 0 Å². The van der Waals surface area contributed by atoms with Gasteiger partial charge in [0.15, 0.2) is 0 Å². The van der Waals surface area contributed by atoms with Crippen molar-refractivity contribution < 1.29 is 4.79 Å². The van der Waals surface area contributed by atoms with Gasteiger partial charge in [0.2, 0.25) is 5.91 Å². The van der Waals surface area contributed by atoms with E-state index in [4.69, 9.17) is 0 Å². The lowest BCUT2D eigenvalue weighted by Crippen LogP contribution is -2.47. The van der Waals surface area contributed by atoms with Gasteiger partial charge in [-0.05, 0) is 50.6 Å². The maximum atomic E-state index is 12.8. The first-order valence-electron chi connectivity index (χ1n) is 8.33. The van der Waals surface area contributed by atoms with E-state index in [2.05, 4.69) is 22.3 Å². The Bertz CT molecular complexity index is 467. The molecule has 1 N–H and O–H groups in total. The lowest BCUT2D eigenvalue weighted by Gasteiger charge is -2.37. The molecule has 1 amide bonds. The summed E-state index contributed by atoms with van der Waals surface area (Å²) in [7, 11) is 0. The van der Waals surface area contributed by atoms with Crippen LogP contribution in [0.4, 0.5) is 0 Å². The zero-order chi connectivity index (χ0) is 14.7. The van der Waals surface area contributed by atoms with Crippen molar-refractivity contribution in [3.8, 4) is 0 Å². The van der Waals surface area contributed by atoms with Crippen molar-refractivity contribution in [2.45, 2.75) is 44.6 Å². The molecule has 0 radical (unpaired) electrons. The Balaban J connectivity index is 1.64. The van der Waals surface area contributed by atoms with E-state index in [0.717, 1.165) is 31.6 Å². The lowest BCUT2D eigenvalue weighted by atomic mass is 9.88. The summed E-state index contributed by atoms with van der Waals surface area (Å²) in [6.45, 7) is 5.05. The van der Waals surface area contributed by atoms with Crippen LogP contribution in [0.15, 0.2) is 30.3 Å². The molecule has 0 spiro atoms. The minimum Gasteiger partial charge on any atom is -0.342 e. The zero-order valence-electron chi connectivity index (χ0n) is 12.9. The Hall–Kier alpha value is -1.35. The van der Waals surface area contributed by atoms with E-state index in [1.165, 1.54) is 19.3 Å². The summed E-state index contributed by atoms with van der Waals surface area (Å²) in [6, 6.07) is 10.8. The molecule has 3 nitrogen and oxygen atoms in total. The van der Waals surface area contributed by atoms with Crippen molar-refractivity contribution in [2.75, 3.05) is 19.6 Å². The largest absolute Gasteiger partial charge is 0.342 e. The smallest absolute Gasteiger partial charge is 0.229 e. The number of rotatable bonds is 3. The molecule has 3 heteroatoms. The summed E-state index contributed by atoms with van der Waals surface area (Å²) in [6.07, 6.45) is 4.98. The summed E-state index contributed by atoms with van der Waals surface area (Å²) < 4.78 is 0. The Kier molecular flexibility index (Phi) is 4.59. The summed E-state index contributed by atoms with van der Waals surface area (Å²) in [5, 5.41) is 3.61. The van der Waals surface area contributed by atoms with Crippen molar-refractivity contribution in [1.82, 2.24) is 10.2 Å². The van der Waals surface area contributed by atoms with Crippen LogP contribution in [0.3, 0.4) is 0 Å². The van der Waals surface area contributed by atoms with Crippen LogP contribution in [0, 0.1) is 5.92 Å². The molecule has 3 rings (SSSR count). The van der Waals surface area contributed by atoms with Crippen molar-refractivity contribution in [2.24, 2.45) is 5.92 Å². The quantitative estimate of drug-likeness (QED) is 0.926. The molecule has 1 aromatic rings. The van der Waals surface area contributed by atoms with Gasteiger partial charge in [0.05, 0.1) is 5.92 Å². The molecule has 2 fully saturated rings. The molecule has 2 heterocycles. The first-order chi connectivity index (χ1) is 10.3. The first kappa shape index (κ1) is 14.6.